The first kappa shape index (κ1) is 24.2. The van der Waals surface area contributed by atoms with E-state index < -0.39 is 0 Å². The molecule has 4 aromatic rings. The molecular weight excluding hydrogens is 443 g/mol. The van der Waals surface area contributed by atoms with Gasteiger partial charge in [0, 0.05) is 18.7 Å². The second-order valence-corrected chi connectivity index (χ2v) is 8.68. The molecule has 6 heteroatoms. The van der Waals surface area contributed by atoms with E-state index in [2.05, 4.69) is 0 Å². The van der Waals surface area contributed by atoms with Crippen molar-refractivity contribution in [3.63, 3.8) is 0 Å². The summed E-state index contributed by atoms with van der Waals surface area (Å²) in [6.45, 7) is 4.77. The van der Waals surface area contributed by atoms with E-state index in [-0.39, 0.29) is 37.3 Å². The molecule has 180 valence electrons. The van der Waals surface area contributed by atoms with E-state index >= 15 is 0 Å². The number of carbonyl (C=O) groups excluding carboxylic acids is 2. The summed E-state index contributed by atoms with van der Waals surface area (Å²) in [7, 11) is 0. The standard InChI is InChI=1S/C29H29FN2O3/c1-3-16-31(29(34)25-12-11-23-6-4-5-7-24(23)17-25)20-28(33)32(19-27-15-8-21(2)35-27)18-22-9-13-26(30)14-10-22/h4-15,17H,3,16,18-20H2,1-2H3. The molecule has 0 aliphatic rings. The number of hydrogen-bond acceptors (Lipinski definition) is 3. The Morgan fingerprint density at radius 3 is 2.29 bits per heavy atom. The lowest BCUT2D eigenvalue weighted by molar-refractivity contribution is -0.133. The molecule has 0 spiro atoms. The normalized spacial score (nSPS) is 10.9. The zero-order valence-corrected chi connectivity index (χ0v) is 20.0. The van der Waals surface area contributed by atoms with Crippen LogP contribution in [-0.2, 0) is 17.9 Å². The Kier molecular flexibility index (Phi) is 7.60. The summed E-state index contributed by atoms with van der Waals surface area (Å²) in [5.41, 5.74) is 1.35. The zero-order chi connectivity index (χ0) is 24.8. The predicted molar refractivity (Wildman–Crippen MR) is 134 cm³/mol. The van der Waals surface area contributed by atoms with E-state index in [9.17, 15) is 14.0 Å². The van der Waals surface area contributed by atoms with Crippen LogP contribution in [0.5, 0.6) is 0 Å². The largest absolute Gasteiger partial charge is 0.464 e. The molecule has 0 saturated heterocycles. The fraction of sp³-hybridized carbons (Fsp3) is 0.241. The van der Waals surface area contributed by atoms with Crippen LogP contribution < -0.4 is 0 Å². The summed E-state index contributed by atoms with van der Waals surface area (Å²) in [5, 5.41) is 2.04. The molecule has 1 aromatic heterocycles. The topological polar surface area (TPSA) is 53.8 Å². The molecule has 0 unspecified atom stereocenters. The van der Waals surface area contributed by atoms with Crippen molar-refractivity contribution in [2.24, 2.45) is 0 Å². The molecule has 0 N–H and O–H groups in total. The van der Waals surface area contributed by atoms with Gasteiger partial charge >= 0.3 is 0 Å². The molecule has 0 aliphatic heterocycles. The molecule has 1 heterocycles. The van der Waals surface area contributed by atoms with E-state index in [1.165, 1.54) is 12.1 Å². The Balaban J connectivity index is 1.55. The van der Waals surface area contributed by atoms with Crippen molar-refractivity contribution in [2.45, 2.75) is 33.4 Å². The quantitative estimate of drug-likeness (QED) is 0.302. The number of halogens is 1. The molecular formula is C29H29FN2O3. The number of carbonyl (C=O) groups is 2. The van der Waals surface area contributed by atoms with Crippen LogP contribution in [0, 0.1) is 12.7 Å². The second-order valence-electron chi connectivity index (χ2n) is 8.68. The van der Waals surface area contributed by atoms with Crippen LogP contribution in [0.25, 0.3) is 10.8 Å². The lowest BCUT2D eigenvalue weighted by Crippen LogP contribution is -2.42. The summed E-state index contributed by atoms with van der Waals surface area (Å²) >= 11 is 0. The molecule has 0 saturated carbocycles. The van der Waals surface area contributed by atoms with E-state index in [0.29, 0.717) is 17.9 Å². The SMILES string of the molecule is CCCN(CC(=O)N(Cc1ccc(F)cc1)Cc1ccc(C)o1)C(=O)c1ccc2ccccc2c1. The lowest BCUT2D eigenvalue weighted by atomic mass is 10.1. The number of furan rings is 1. The maximum absolute atomic E-state index is 13.5. The fourth-order valence-corrected chi connectivity index (χ4v) is 4.09. The molecule has 3 aromatic carbocycles. The first-order valence-corrected chi connectivity index (χ1v) is 11.8. The Morgan fingerprint density at radius 2 is 1.60 bits per heavy atom. The van der Waals surface area contributed by atoms with Crippen molar-refractivity contribution in [3.05, 3.63) is 107 Å². The van der Waals surface area contributed by atoms with Gasteiger partial charge in [-0.3, -0.25) is 9.59 Å². The van der Waals surface area contributed by atoms with Crippen molar-refractivity contribution in [1.29, 1.82) is 0 Å². The Labute approximate surface area is 204 Å². The molecule has 0 bridgehead atoms. The number of nitrogens with zero attached hydrogens (tertiary/aromatic N) is 2. The number of hydrogen-bond donors (Lipinski definition) is 0. The first-order chi connectivity index (χ1) is 16.9. The van der Waals surface area contributed by atoms with Crippen LogP contribution in [0.1, 0.15) is 40.8 Å². The summed E-state index contributed by atoms with van der Waals surface area (Å²) in [6, 6.07) is 23.2. The van der Waals surface area contributed by atoms with Crippen molar-refractivity contribution < 1.29 is 18.4 Å². The minimum Gasteiger partial charge on any atom is -0.464 e. The van der Waals surface area contributed by atoms with Crippen LogP contribution in [-0.4, -0.2) is 34.7 Å². The van der Waals surface area contributed by atoms with E-state index in [0.717, 1.165) is 28.5 Å². The number of aryl methyl sites for hydroxylation is 1. The van der Waals surface area contributed by atoms with Gasteiger partial charge in [0.25, 0.3) is 5.91 Å². The van der Waals surface area contributed by atoms with Gasteiger partial charge in [0.15, 0.2) is 0 Å². The van der Waals surface area contributed by atoms with E-state index in [1.807, 2.05) is 62.4 Å². The number of rotatable bonds is 9. The highest BCUT2D eigenvalue weighted by Crippen LogP contribution is 2.18. The van der Waals surface area contributed by atoms with Gasteiger partial charge in [0.05, 0.1) is 6.54 Å². The number of fused-ring (bicyclic) bond motifs is 1. The summed E-state index contributed by atoms with van der Waals surface area (Å²) in [5.74, 6) is 0.699. The molecule has 0 atom stereocenters. The molecule has 5 nitrogen and oxygen atoms in total. The van der Waals surface area contributed by atoms with Crippen molar-refractivity contribution in [1.82, 2.24) is 9.80 Å². The monoisotopic (exact) mass is 472 g/mol. The van der Waals surface area contributed by atoms with Gasteiger partial charge in [-0.25, -0.2) is 4.39 Å². The van der Waals surface area contributed by atoms with E-state index in [4.69, 9.17) is 4.42 Å². The highest BCUT2D eigenvalue weighted by molar-refractivity contribution is 6.00. The fourth-order valence-electron chi connectivity index (χ4n) is 4.09. The van der Waals surface area contributed by atoms with Gasteiger partial charge in [-0.15, -0.1) is 0 Å². The molecule has 35 heavy (non-hydrogen) atoms. The van der Waals surface area contributed by atoms with Gasteiger partial charge < -0.3 is 14.2 Å². The Bertz CT molecular complexity index is 1310. The number of amides is 2. The molecule has 0 radical (unpaired) electrons. The molecule has 0 fully saturated rings. The van der Waals surface area contributed by atoms with Crippen molar-refractivity contribution in [3.8, 4) is 0 Å². The van der Waals surface area contributed by atoms with Crippen LogP contribution >= 0.6 is 0 Å². The van der Waals surface area contributed by atoms with Crippen LogP contribution in [0.2, 0.25) is 0 Å². The predicted octanol–water partition coefficient (Wildman–Crippen LogP) is 5.96. The molecule has 4 rings (SSSR count). The highest BCUT2D eigenvalue weighted by Gasteiger charge is 2.23. The summed E-state index contributed by atoms with van der Waals surface area (Å²) in [4.78, 5) is 30.1. The highest BCUT2D eigenvalue weighted by atomic mass is 19.1. The third-order valence-electron chi connectivity index (χ3n) is 5.89. The minimum absolute atomic E-state index is 0.0552. The van der Waals surface area contributed by atoms with Crippen LogP contribution in [0.15, 0.2) is 83.3 Å². The third-order valence-corrected chi connectivity index (χ3v) is 5.89. The summed E-state index contributed by atoms with van der Waals surface area (Å²) in [6.07, 6.45) is 0.724. The van der Waals surface area contributed by atoms with Crippen LogP contribution in [0.3, 0.4) is 0 Å². The average molecular weight is 473 g/mol. The van der Waals surface area contributed by atoms with Gasteiger partial charge in [-0.05, 0) is 66.1 Å². The zero-order valence-electron chi connectivity index (χ0n) is 20.0. The van der Waals surface area contributed by atoms with Gasteiger partial charge in [-0.1, -0.05) is 49.4 Å². The molecule has 0 aliphatic carbocycles. The van der Waals surface area contributed by atoms with Crippen LogP contribution in [0.4, 0.5) is 4.39 Å². The minimum atomic E-state index is -0.330. The maximum atomic E-state index is 13.5. The first-order valence-electron chi connectivity index (χ1n) is 11.8. The average Bonchev–Trinajstić information content (AvgIpc) is 3.28. The van der Waals surface area contributed by atoms with E-state index in [1.54, 1.807) is 28.0 Å². The smallest absolute Gasteiger partial charge is 0.254 e. The van der Waals surface area contributed by atoms with Crippen molar-refractivity contribution in [2.75, 3.05) is 13.1 Å². The lowest BCUT2D eigenvalue weighted by Gasteiger charge is -2.27. The third kappa shape index (κ3) is 6.15. The van der Waals surface area contributed by atoms with Gasteiger partial charge in [0.1, 0.15) is 23.9 Å². The summed E-state index contributed by atoms with van der Waals surface area (Å²) < 4.78 is 19.1. The van der Waals surface area contributed by atoms with Gasteiger partial charge in [-0.2, -0.15) is 0 Å². The van der Waals surface area contributed by atoms with Crippen molar-refractivity contribution >= 4 is 22.6 Å². The van der Waals surface area contributed by atoms with Gasteiger partial charge in [0.2, 0.25) is 5.91 Å². The Morgan fingerprint density at radius 1 is 0.857 bits per heavy atom. The molecule has 2 amide bonds. The number of benzene rings is 3. The maximum Gasteiger partial charge on any atom is 0.254 e. The Hall–Kier alpha value is -3.93. The second kappa shape index (κ2) is 11.0.